The van der Waals surface area contributed by atoms with Crippen LogP contribution >= 0.6 is 11.3 Å². The molecule has 4 rings (SSSR count). The second-order valence-corrected chi connectivity index (χ2v) is 6.85. The maximum Gasteiger partial charge on any atom is 0.186 e. The number of nitrogens with two attached hydrogens (primary N) is 1. The molecular formula is C16H16N8S. The quantitative estimate of drug-likeness (QED) is 0.738. The number of nitriles is 1. The minimum Gasteiger partial charge on any atom is -0.384 e. The summed E-state index contributed by atoms with van der Waals surface area (Å²) in [6.07, 6.45) is 5.10. The Hall–Kier alpha value is -2.99. The maximum atomic E-state index is 9.19. The lowest BCUT2D eigenvalue weighted by Crippen LogP contribution is -2.34. The zero-order valence-electron chi connectivity index (χ0n) is 13.4. The average Bonchev–Trinajstić information content (AvgIpc) is 3.07. The maximum absolute atomic E-state index is 9.19. The topological polar surface area (TPSA) is 117 Å². The molecule has 1 saturated heterocycles. The van der Waals surface area contributed by atoms with Crippen molar-refractivity contribution in [2.45, 2.75) is 12.8 Å². The first-order chi connectivity index (χ1) is 12.2. The number of hydrogen-bond acceptors (Lipinski definition) is 9. The van der Waals surface area contributed by atoms with Crippen LogP contribution in [0.3, 0.4) is 0 Å². The second kappa shape index (κ2) is 6.49. The van der Waals surface area contributed by atoms with Crippen LogP contribution in [0.2, 0.25) is 0 Å². The minimum absolute atomic E-state index is 0.0699. The van der Waals surface area contributed by atoms with Crippen LogP contribution in [0.5, 0.6) is 0 Å². The molecule has 0 amide bonds. The third-order valence-corrected chi connectivity index (χ3v) is 5.24. The lowest BCUT2D eigenvalue weighted by atomic mass is 10.0. The molecule has 0 aliphatic carbocycles. The number of nitrogen functional groups attached to an aromatic ring is 1. The molecule has 0 spiro atoms. The van der Waals surface area contributed by atoms with E-state index in [1.807, 2.05) is 6.07 Å². The molecule has 8 nitrogen and oxygen atoms in total. The molecule has 4 heterocycles. The summed E-state index contributed by atoms with van der Waals surface area (Å²) in [5.74, 6) is 1.74. The summed E-state index contributed by atoms with van der Waals surface area (Å²) in [5.41, 5.74) is 6.57. The Kier molecular flexibility index (Phi) is 4.03. The van der Waals surface area contributed by atoms with Crippen molar-refractivity contribution < 1.29 is 0 Å². The summed E-state index contributed by atoms with van der Waals surface area (Å²) in [7, 11) is 0. The predicted molar refractivity (Wildman–Crippen MR) is 97.7 cm³/mol. The first-order valence-corrected chi connectivity index (χ1v) is 8.79. The van der Waals surface area contributed by atoms with Gasteiger partial charge in [0.05, 0.1) is 22.2 Å². The number of piperidine rings is 1. The molecule has 9 heteroatoms. The Morgan fingerprint density at radius 2 is 2.28 bits per heavy atom. The highest BCUT2D eigenvalue weighted by Crippen LogP contribution is 2.35. The van der Waals surface area contributed by atoms with Gasteiger partial charge in [0, 0.05) is 25.4 Å². The zero-order chi connectivity index (χ0) is 17.2. The van der Waals surface area contributed by atoms with Gasteiger partial charge in [-0.25, -0.2) is 19.9 Å². The number of fused-ring (bicyclic) bond motifs is 1. The minimum atomic E-state index is 0.0699. The summed E-state index contributed by atoms with van der Waals surface area (Å²) in [5, 5.41) is 13.3. The molecule has 1 atom stereocenters. The average molecular weight is 352 g/mol. The first-order valence-electron chi connectivity index (χ1n) is 7.97. The molecule has 126 valence electrons. The fourth-order valence-electron chi connectivity index (χ4n) is 2.89. The van der Waals surface area contributed by atoms with Gasteiger partial charge in [-0.15, -0.1) is 0 Å². The van der Waals surface area contributed by atoms with Gasteiger partial charge in [-0.05, 0) is 18.9 Å². The molecule has 25 heavy (non-hydrogen) atoms. The Morgan fingerprint density at radius 3 is 3.12 bits per heavy atom. The summed E-state index contributed by atoms with van der Waals surface area (Å²) in [4.78, 5) is 19.4. The van der Waals surface area contributed by atoms with Gasteiger partial charge in [0.25, 0.3) is 0 Å². The summed E-state index contributed by atoms with van der Waals surface area (Å²) < 4.78 is 0.953. The predicted octanol–water partition coefficient (Wildman–Crippen LogP) is 2.55. The van der Waals surface area contributed by atoms with E-state index in [0.29, 0.717) is 17.5 Å². The van der Waals surface area contributed by atoms with Crippen LogP contribution in [-0.2, 0) is 0 Å². The molecule has 1 fully saturated rings. The number of pyridine rings is 1. The van der Waals surface area contributed by atoms with Crippen LogP contribution in [0.4, 0.5) is 22.6 Å². The van der Waals surface area contributed by atoms with Crippen molar-refractivity contribution in [2.24, 2.45) is 5.92 Å². The third-order valence-electron chi connectivity index (χ3n) is 4.10. The van der Waals surface area contributed by atoms with Crippen LogP contribution in [0, 0.1) is 17.2 Å². The molecular weight excluding hydrogens is 336 g/mol. The van der Waals surface area contributed by atoms with E-state index >= 15 is 0 Å². The van der Waals surface area contributed by atoms with Crippen molar-refractivity contribution >= 4 is 44.1 Å². The van der Waals surface area contributed by atoms with Crippen molar-refractivity contribution in [3.8, 4) is 6.07 Å². The van der Waals surface area contributed by atoms with E-state index in [1.165, 1.54) is 6.33 Å². The summed E-state index contributed by atoms with van der Waals surface area (Å²) in [6.45, 7) is 1.66. The van der Waals surface area contributed by atoms with Crippen molar-refractivity contribution in [1.29, 1.82) is 5.26 Å². The molecule has 1 aliphatic rings. The van der Waals surface area contributed by atoms with Gasteiger partial charge < -0.3 is 16.0 Å². The Bertz CT molecular complexity index is 947. The van der Waals surface area contributed by atoms with Gasteiger partial charge in [-0.1, -0.05) is 11.3 Å². The van der Waals surface area contributed by atoms with Crippen molar-refractivity contribution in [2.75, 3.05) is 29.0 Å². The fourth-order valence-corrected chi connectivity index (χ4v) is 3.93. The van der Waals surface area contributed by atoms with Gasteiger partial charge in [-0.2, -0.15) is 5.26 Å². The Morgan fingerprint density at radius 1 is 1.36 bits per heavy atom. The molecule has 0 saturated carbocycles. The van der Waals surface area contributed by atoms with Gasteiger partial charge >= 0.3 is 0 Å². The van der Waals surface area contributed by atoms with E-state index in [1.54, 1.807) is 23.6 Å². The highest BCUT2D eigenvalue weighted by molar-refractivity contribution is 7.22. The van der Waals surface area contributed by atoms with E-state index in [-0.39, 0.29) is 5.92 Å². The zero-order valence-corrected chi connectivity index (χ0v) is 14.2. The Balaban J connectivity index is 1.66. The molecule has 1 aliphatic heterocycles. The number of anilines is 4. The third kappa shape index (κ3) is 3.16. The van der Waals surface area contributed by atoms with E-state index in [2.05, 4.69) is 31.2 Å². The number of hydrogen-bond donors (Lipinski definition) is 2. The lowest BCUT2D eigenvalue weighted by molar-refractivity contribution is 0.493. The van der Waals surface area contributed by atoms with Crippen LogP contribution < -0.4 is 16.0 Å². The molecule has 3 aromatic heterocycles. The monoisotopic (exact) mass is 352 g/mol. The largest absolute Gasteiger partial charge is 0.384 e. The van der Waals surface area contributed by atoms with Crippen molar-refractivity contribution in [3.05, 3.63) is 24.7 Å². The second-order valence-electron chi connectivity index (χ2n) is 5.87. The SMILES string of the molecule is N#C[C@@H]1CCCN(c2nc3ccnc(Nc4cc(N)ncn4)c3s2)C1. The van der Waals surface area contributed by atoms with Gasteiger partial charge in [0.15, 0.2) is 10.9 Å². The van der Waals surface area contributed by atoms with Crippen molar-refractivity contribution in [1.82, 2.24) is 19.9 Å². The highest BCUT2D eigenvalue weighted by Gasteiger charge is 2.22. The van der Waals surface area contributed by atoms with Gasteiger partial charge in [0.1, 0.15) is 18.0 Å². The van der Waals surface area contributed by atoms with E-state index < -0.39 is 0 Å². The van der Waals surface area contributed by atoms with Crippen LogP contribution in [0.1, 0.15) is 12.8 Å². The summed E-state index contributed by atoms with van der Waals surface area (Å²) in [6, 6.07) is 5.92. The normalized spacial score (nSPS) is 17.4. The molecule has 0 aromatic carbocycles. The van der Waals surface area contributed by atoms with Gasteiger partial charge in [0.2, 0.25) is 0 Å². The fraction of sp³-hybridized carbons (Fsp3) is 0.312. The number of rotatable bonds is 3. The van der Waals surface area contributed by atoms with Crippen LogP contribution in [-0.4, -0.2) is 33.0 Å². The van der Waals surface area contributed by atoms with Crippen molar-refractivity contribution in [3.63, 3.8) is 0 Å². The Labute approximate surface area is 148 Å². The van der Waals surface area contributed by atoms with Crippen LogP contribution in [0.15, 0.2) is 24.7 Å². The van der Waals surface area contributed by atoms with E-state index in [4.69, 9.17) is 10.7 Å². The van der Waals surface area contributed by atoms with Crippen LogP contribution in [0.25, 0.3) is 10.2 Å². The number of nitrogens with zero attached hydrogens (tertiary/aromatic N) is 6. The highest BCUT2D eigenvalue weighted by atomic mass is 32.1. The van der Waals surface area contributed by atoms with E-state index in [0.717, 1.165) is 41.3 Å². The standard InChI is InChI=1S/C16H16N8S/c17-7-10-2-1-5-24(8-10)16-22-11-3-4-19-15(14(11)25-16)23-13-6-12(18)20-9-21-13/h3-4,6,9-10H,1-2,5,8H2,(H3,18,19,20,21,23)/t10-/m0/s1. The summed E-state index contributed by atoms with van der Waals surface area (Å²) >= 11 is 1.57. The number of aromatic nitrogens is 4. The molecule has 3 N–H and O–H groups in total. The number of nitrogens with one attached hydrogen (secondary N) is 1. The molecule has 0 bridgehead atoms. The smallest absolute Gasteiger partial charge is 0.186 e. The van der Waals surface area contributed by atoms with E-state index in [9.17, 15) is 5.26 Å². The first kappa shape index (κ1) is 15.5. The molecule has 0 radical (unpaired) electrons. The van der Waals surface area contributed by atoms with Gasteiger partial charge in [-0.3, -0.25) is 0 Å². The number of thiazole rings is 1. The molecule has 0 unspecified atom stereocenters. The molecule has 3 aromatic rings. The lowest BCUT2D eigenvalue weighted by Gasteiger charge is -2.28.